The third-order valence-electron chi connectivity index (χ3n) is 6.34. The van der Waals surface area contributed by atoms with E-state index in [9.17, 15) is 14.4 Å². The highest BCUT2D eigenvalue weighted by atomic mass is 16.4. The number of amides is 2. The largest absolute Gasteiger partial charge is 0.481 e. The highest BCUT2D eigenvalue weighted by Gasteiger charge is 2.43. The Morgan fingerprint density at radius 3 is 1.96 bits per heavy atom. The molecule has 6 nitrogen and oxygen atoms in total. The monoisotopic (exact) mass is 350 g/mol. The molecule has 0 spiro atoms. The zero-order valence-corrected chi connectivity index (χ0v) is 15.0. The maximum absolute atomic E-state index is 12.5. The summed E-state index contributed by atoms with van der Waals surface area (Å²) in [7, 11) is 0. The second-order valence-electron chi connectivity index (χ2n) is 7.88. The molecule has 2 unspecified atom stereocenters. The van der Waals surface area contributed by atoms with Crippen molar-refractivity contribution in [2.45, 2.75) is 57.8 Å². The van der Waals surface area contributed by atoms with Crippen LogP contribution in [0.5, 0.6) is 0 Å². The first kappa shape index (κ1) is 18.2. The van der Waals surface area contributed by atoms with E-state index in [0.717, 1.165) is 6.42 Å². The molecule has 0 bridgehead atoms. The molecule has 1 heterocycles. The SMILES string of the molecule is O=C(O)C1CCC1C(=O)N1CCN(C(=O)CCC2CCCCC2)CC1. The Morgan fingerprint density at radius 2 is 1.40 bits per heavy atom. The summed E-state index contributed by atoms with van der Waals surface area (Å²) in [6.07, 6.45) is 9.38. The normalized spacial score (nSPS) is 27.7. The molecule has 2 saturated carbocycles. The van der Waals surface area contributed by atoms with Crippen molar-refractivity contribution in [3.63, 3.8) is 0 Å². The first-order chi connectivity index (χ1) is 12.1. The van der Waals surface area contributed by atoms with Gasteiger partial charge in [-0.25, -0.2) is 0 Å². The Balaban J connectivity index is 1.39. The number of carbonyl (C=O) groups is 3. The van der Waals surface area contributed by atoms with Crippen LogP contribution in [0.25, 0.3) is 0 Å². The molecule has 1 aliphatic heterocycles. The van der Waals surface area contributed by atoms with Crippen LogP contribution in [0.4, 0.5) is 0 Å². The molecule has 6 heteroatoms. The molecule has 3 aliphatic rings. The lowest BCUT2D eigenvalue weighted by atomic mass is 9.73. The molecule has 0 radical (unpaired) electrons. The maximum Gasteiger partial charge on any atom is 0.307 e. The van der Waals surface area contributed by atoms with Gasteiger partial charge in [0.05, 0.1) is 11.8 Å². The lowest BCUT2D eigenvalue weighted by Gasteiger charge is -2.40. The van der Waals surface area contributed by atoms with Gasteiger partial charge in [0, 0.05) is 32.6 Å². The number of carbonyl (C=O) groups excluding carboxylic acids is 2. The summed E-state index contributed by atoms with van der Waals surface area (Å²) in [6, 6.07) is 0. The summed E-state index contributed by atoms with van der Waals surface area (Å²) in [5.74, 6) is -0.834. The van der Waals surface area contributed by atoms with Gasteiger partial charge in [-0.15, -0.1) is 0 Å². The van der Waals surface area contributed by atoms with Crippen LogP contribution in [0, 0.1) is 17.8 Å². The van der Waals surface area contributed by atoms with E-state index in [0.29, 0.717) is 51.4 Å². The summed E-state index contributed by atoms with van der Waals surface area (Å²) in [5, 5.41) is 9.11. The number of rotatable bonds is 5. The molecule has 2 amide bonds. The highest BCUT2D eigenvalue weighted by molar-refractivity contribution is 5.86. The third-order valence-corrected chi connectivity index (χ3v) is 6.34. The summed E-state index contributed by atoms with van der Waals surface area (Å²) >= 11 is 0. The van der Waals surface area contributed by atoms with Gasteiger partial charge in [-0.05, 0) is 25.2 Å². The molecular formula is C19H30N2O4. The number of nitrogens with zero attached hydrogens (tertiary/aromatic N) is 2. The predicted molar refractivity (Wildman–Crippen MR) is 92.8 cm³/mol. The van der Waals surface area contributed by atoms with Gasteiger partial charge in [0.25, 0.3) is 0 Å². The zero-order chi connectivity index (χ0) is 17.8. The van der Waals surface area contributed by atoms with Crippen LogP contribution in [0.15, 0.2) is 0 Å². The average molecular weight is 350 g/mol. The minimum Gasteiger partial charge on any atom is -0.481 e. The molecular weight excluding hydrogens is 320 g/mol. The molecule has 1 saturated heterocycles. The number of piperazine rings is 1. The van der Waals surface area contributed by atoms with E-state index in [1.807, 2.05) is 4.90 Å². The maximum atomic E-state index is 12.5. The molecule has 2 atom stereocenters. The van der Waals surface area contributed by atoms with E-state index in [4.69, 9.17) is 5.11 Å². The second-order valence-corrected chi connectivity index (χ2v) is 7.88. The van der Waals surface area contributed by atoms with Crippen molar-refractivity contribution in [2.75, 3.05) is 26.2 Å². The van der Waals surface area contributed by atoms with Gasteiger partial charge in [0.2, 0.25) is 11.8 Å². The number of carboxylic acids is 1. The van der Waals surface area contributed by atoms with Crippen molar-refractivity contribution in [3.05, 3.63) is 0 Å². The Bertz CT molecular complexity index is 508. The minimum absolute atomic E-state index is 0.0343. The second kappa shape index (κ2) is 8.19. The van der Waals surface area contributed by atoms with Crippen LogP contribution in [0.3, 0.4) is 0 Å². The van der Waals surface area contributed by atoms with Crippen LogP contribution >= 0.6 is 0 Å². The third kappa shape index (κ3) is 4.33. The molecule has 1 N–H and O–H groups in total. The fourth-order valence-electron chi connectivity index (χ4n) is 4.46. The summed E-state index contributed by atoms with van der Waals surface area (Å²) in [5.41, 5.74) is 0. The van der Waals surface area contributed by atoms with Crippen molar-refractivity contribution in [2.24, 2.45) is 17.8 Å². The first-order valence-corrected chi connectivity index (χ1v) is 9.85. The van der Waals surface area contributed by atoms with E-state index in [-0.39, 0.29) is 17.7 Å². The quantitative estimate of drug-likeness (QED) is 0.824. The van der Waals surface area contributed by atoms with Gasteiger partial charge in [-0.1, -0.05) is 32.1 Å². The van der Waals surface area contributed by atoms with Gasteiger partial charge in [-0.3, -0.25) is 14.4 Å². The van der Waals surface area contributed by atoms with Gasteiger partial charge in [-0.2, -0.15) is 0 Å². The Labute approximate surface area is 149 Å². The Hall–Kier alpha value is -1.59. The van der Waals surface area contributed by atoms with E-state index in [1.165, 1.54) is 32.1 Å². The zero-order valence-electron chi connectivity index (χ0n) is 15.0. The topological polar surface area (TPSA) is 77.9 Å². The van der Waals surface area contributed by atoms with Crippen LogP contribution in [0.1, 0.15) is 57.8 Å². The fourth-order valence-corrected chi connectivity index (χ4v) is 4.46. The van der Waals surface area contributed by atoms with Gasteiger partial charge in [0.15, 0.2) is 0 Å². The predicted octanol–water partition coefficient (Wildman–Crippen LogP) is 2.13. The number of hydrogen-bond donors (Lipinski definition) is 1. The lowest BCUT2D eigenvalue weighted by molar-refractivity contribution is -0.157. The number of aliphatic carboxylic acids is 1. The average Bonchev–Trinajstić information content (AvgIpc) is 2.59. The van der Waals surface area contributed by atoms with Gasteiger partial charge in [0.1, 0.15) is 0 Å². The van der Waals surface area contributed by atoms with E-state index in [2.05, 4.69) is 0 Å². The minimum atomic E-state index is -0.860. The molecule has 140 valence electrons. The van der Waals surface area contributed by atoms with Crippen LogP contribution in [-0.2, 0) is 14.4 Å². The molecule has 0 aromatic heterocycles. The molecule has 3 fully saturated rings. The summed E-state index contributed by atoms with van der Waals surface area (Å²) < 4.78 is 0. The standard InChI is InChI=1S/C19H30N2O4/c22-17(9-6-14-4-2-1-3-5-14)20-10-12-21(13-11-20)18(23)15-7-8-16(15)19(24)25/h14-16H,1-13H2,(H,24,25). The lowest BCUT2D eigenvalue weighted by Crippen LogP contribution is -2.54. The molecule has 3 rings (SSSR count). The van der Waals surface area contributed by atoms with Gasteiger partial charge >= 0.3 is 5.97 Å². The first-order valence-electron chi connectivity index (χ1n) is 9.85. The number of carboxylic acid groups (broad SMARTS) is 1. The van der Waals surface area contributed by atoms with E-state index >= 15 is 0 Å². The van der Waals surface area contributed by atoms with Crippen LogP contribution < -0.4 is 0 Å². The molecule has 2 aliphatic carbocycles. The van der Waals surface area contributed by atoms with Crippen molar-refractivity contribution < 1.29 is 19.5 Å². The van der Waals surface area contributed by atoms with Crippen molar-refractivity contribution in [1.29, 1.82) is 0 Å². The molecule has 0 aromatic rings. The summed E-state index contributed by atoms with van der Waals surface area (Å²) in [6.45, 7) is 2.24. The summed E-state index contributed by atoms with van der Waals surface area (Å²) in [4.78, 5) is 39.6. The van der Waals surface area contributed by atoms with E-state index in [1.54, 1.807) is 4.90 Å². The highest BCUT2D eigenvalue weighted by Crippen LogP contribution is 2.36. The van der Waals surface area contributed by atoms with Crippen molar-refractivity contribution in [3.8, 4) is 0 Å². The Morgan fingerprint density at radius 1 is 0.800 bits per heavy atom. The molecule has 25 heavy (non-hydrogen) atoms. The van der Waals surface area contributed by atoms with Gasteiger partial charge < -0.3 is 14.9 Å². The fraction of sp³-hybridized carbons (Fsp3) is 0.842. The number of hydrogen-bond acceptors (Lipinski definition) is 3. The Kier molecular flexibility index (Phi) is 5.97. The van der Waals surface area contributed by atoms with Crippen LogP contribution in [0.2, 0.25) is 0 Å². The molecule has 0 aromatic carbocycles. The van der Waals surface area contributed by atoms with E-state index < -0.39 is 11.9 Å². The van der Waals surface area contributed by atoms with Crippen molar-refractivity contribution >= 4 is 17.8 Å². The smallest absolute Gasteiger partial charge is 0.307 e. The van der Waals surface area contributed by atoms with Crippen LogP contribution in [-0.4, -0.2) is 58.9 Å². The van der Waals surface area contributed by atoms with Crippen molar-refractivity contribution in [1.82, 2.24) is 9.80 Å².